The van der Waals surface area contributed by atoms with Crippen LogP contribution in [0.5, 0.6) is 0 Å². The van der Waals surface area contributed by atoms with E-state index in [1.165, 1.54) is 0 Å². The summed E-state index contributed by atoms with van der Waals surface area (Å²) in [5, 5.41) is 3.18. The summed E-state index contributed by atoms with van der Waals surface area (Å²) in [4.78, 5) is 27.2. The summed E-state index contributed by atoms with van der Waals surface area (Å²) in [7, 11) is 1.80. The van der Waals surface area contributed by atoms with Crippen molar-refractivity contribution in [3.63, 3.8) is 0 Å². The molecule has 0 bridgehead atoms. The average Bonchev–Trinajstić information content (AvgIpc) is 2.74. The van der Waals surface area contributed by atoms with E-state index in [2.05, 4.69) is 5.32 Å². The Hall–Kier alpha value is -1.10. The van der Waals surface area contributed by atoms with Crippen LogP contribution in [-0.2, 0) is 9.59 Å². The third-order valence-electron chi connectivity index (χ3n) is 3.34. The van der Waals surface area contributed by atoms with E-state index in [1.807, 2.05) is 0 Å². The molecule has 16 heavy (non-hydrogen) atoms. The number of carbonyl (C=O) groups is 2. The molecule has 0 aromatic carbocycles. The number of carbonyl (C=O) groups excluding carboxylic acids is 2. The van der Waals surface area contributed by atoms with Gasteiger partial charge in [0.1, 0.15) is 0 Å². The fourth-order valence-electron chi connectivity index (χ4n) is 2.29. The molecule has 2 aliphatic rings. The van der Waals surface area contributed by atoms with Gasteiger partial charge < -0.3 is 15.1 Å². The number of likely N-dealkylation sites (N-methyl/N-ethyl adjacent to an activating group) is 1. The summed E-state index contributed by atoms with van der Waals surface area (Å²) in [5.41, 5.74) is 0. The monoisotopic (exact) mass is 225 g/mol. The fourth-order valence-corrected chi connectivity index (χ4v) is 2.29. The van der Waals surface area contributed by atoms with Gasteiger partial charge in [-0.15, -0.1) is 0 Å². The molecule has 0 spiro atoms. The first kappa shape index (κ1) is 11.4. The standard InChI is InChI=1S/C11H19N3O2/c1-13-6-3-7-14(8-10(13)15)11(16)9-4-2-5-12-9/h9,12H,2-8H2,1H3. The predicted molar refractivity (Wildman–Crippen MR) is 59.9 cm³/mol. The lowest BCUT2D eigenvalue weighted by molar-refractivity contribution is -0.139. The molecule has 0 aliphatic carbocycles. The fraction of sp³-hybridized carbons (Fsp3) is 0.818. The first-order valence-electron chi connectivity index (χ1n) is 5.94. The normalized spacial score (nSPS) is 27.1. The van der Waals surface area contributed by atoms with Crippen molar-refractivity contribution in [1.82, 2.24) is 15.1 Å². The largest absolute Gasteiger partial charge is 0.344 e. The maximum atomic E-state index is 12.1. The summed E-state index contributed by atoms with van der Waals surface area (Å²) in [6.07, 6.45) is 2.83. The van der Waals surface area contributed by atoms with Gasteiger partial charge in [-0.25, -0.2) is 0 Å². The van der Waals surface area contributed by atoms with Gasteiger partial charge in [-0.2, -0.15) is 0 Å². The van der Waals surface area contributed by atoms with Crippen LogP contribution in [0.1, 0.15) is 19.3 Å². The molecule has 0 aromatic heterocycles. The minimum atomic E-state index is -0.0591. The Labute approximate surface area is 95.8 Å². The zero-order valence-corrected chi connectivity index (χ0v) is 9.74. The summed E-state index contributed by atoms with van der Waals surface area (Å²) in [6, 6.07) is -0.0591. The summed E-state index contributed by atoms with van der Waals surface area (Å²) in [5.74, 6) is 0.144. The molecule has 5 nitrogen and oxygen atoms in total. The summed E-state index contributed by atoms with van der Waals surface area (Å²) in [6.45, 7) is 2.61. The van der Waals surface area contributed by atoms with Crippen molar-refractivity contribution in [3.05, 3.63) is 0 Å². The van der Waals surface area contributed by atoms with Crippen LogP contribution in [0.3, 0.4) is 0 Å². The molecule has 2 aliphatic heterocycles. The maximum absolute atomic E-state index is 12.1. The highest BCUT2D eigenvalue weighted by Gasteiger charge is 2.29. The number of nitrogens with zero attached hydrogens (tertiary/aromatic N) is 2. The SMILES string of the molecule is CN1CCCN(C(=O)C2CCCN2)CC1=O. The van der Waals surface area contributed by atoms with E-state index in [0.29, 0.717) is 6.54 Å². The molecule has 2 saturated heterocycles. The van der Waals surface area contributed by atoms with Gasteiger partial charge in [-0.05, 0) is 25.8 Å². The van der Waals surface area contributed by atoms with Crippen LogP contribution in [-0.4, -0.2) is 60.9 Å². The van der Waals surface area contributed by atoms with Crippen LogP contribution >= 0.6 is 0 Å². The van der Waals surface area contributed by atoms with Gasteiger partial charge in [-0.3, -0.25) is 9.59 Å². The van der Waals surface area contributed by atoms with E-state index >= 15 is 0 Å². The minimum Gasteiger partial charge on any atom is -0.344 e. The molecular weight excluding hydrogens is 206 g/mol. The molecule has 1 atom stereocenters. The molecule has 2 rings (SSSR count). The molecule has 1 unspecified atom stereocenters. The van der Waals surface area contributed by atoms with Gasteiger partial charge in [0.2, 0.25) is 11.8 Å². The first-order valence-corrected chi connectivity index (χ1v) is 5.94. The number of amides is 2. The van der Waals surface area contributed by atoms with Gasteiger partial charge in [0, 0.05) is 20.1 Å². The molecule has 2 fully saturated rings. The number of hydrogen-bond donors (Lipinski definition) is 1. The molecule has 2 heterocycles. The second kappa shape index (κ2) is 4.82. The van der Waals surface area contributed by atoms with E-state index in [-0.39, 0.29) is 24.4 Å². The van der Waals surface area contributed by atoms with Crippen molar-refractivity contribution in [1.29, 1.82) is 0 Å². The van der Waals surface area contributed by atoms with Crippen LogP contribution in [0, 0.1) is 0 Å². The third kappa shape index (κ3) is 2.35. The second-order valence-corrected chi connectivity index (χ2v) is 4.58. The highest BCUT2D eigenvalue weighted by molar-refractivity contribution is 5.88. The first-order chi connectivity index (χ1) is 7.68. The molecule has 90 valence electrons. The Morgan fingerprint density at radius 1 is 1.38 bits per heavy atom. The zero-order chi connectivity index (χ0) is 11.5. The lowest BCUT2D eigenvalue weighted by Gasteiger charge is -2.23. The topological polar surface area (TPSA) is 52.6 Å². The Balaban J connectivity index is 1.97. The zero-order valence-electron chi connectivity index (χ0n) is 9.74. The van der Waals surface area contributed by atoms with Gasteiger partial charge in [-0.1, -0.05) is 0 Å². The van der Waals surface area contributed by atoms with Crippen molar-refractivity contribution in [3.8, 4) is 0 Å². The Morgan fingerprint density at radius 3 is 2.88 bits per heavy atom. The smallest absolute Gasteiger partial charge is 0.241 e. The van der Waals surface area contributed by atoms with Crippen LogP contribution in [0.25, 0.3) is 0 Å². The second-order valence-electron chi connectivity index (χ2n) is 4.58. The quantitative estimate of drug-likeness (QED) is 0.650. The molecule has 2 amide bonds. The highest BCUT2D eigenvalue weighted by atomic mass is 16.2. The van der Waals surface area contributed by atoms with Crippen LogP contribution in [0.15, 0.2) is 0 Å². The van der Waals surface area contributed by atoms with E-state index < -0.39 is 0 Å². The summed E-state index contributed by atoms with van der Waals surface area (Å²) < 4.78 is 0. The molecule has 0 radical (unpaired) electrons. The summed E-state index contributed by atoms with van der Waals surface area (Å²) >= 11 is 0. The number of nitrogens with one attached hydrogen (secondary N) is 1. The van der Waals surface area contributed by atoms with E-state index in [4.69, 9.17) is 0 Å². The lowest BCUT2D eigenvalue weighted by Crippen LogP contribution is -2.46. The van der Waals surface area contributed by atoms with Crippen LogP contribution in [0.4, 0.5) is 0 Å². The highest BCUT2D eigenvalue weighted by Crippen LogP contribution is 2.11. The average molecular weight is 225 g/mol. The van der Waals surface area contributed by atoms with Gasteiger partial charge in [0.05, 0.1) is 12.6 Å². The van der Waals surface area contributed by atoms with Gasteiger partial charge >= 0.3 is 0 Å². The van der Waals surface area contributed by atoms with Crippen molar-refractivity contribution >= 4 is 11.8 Å². The van der Waals surface area contributed by atoms with Crippen molar-refractivity contribution in [2.24, 2.45) is 0 Å². The van der Waals surface area contributed by atoms with Crippen molar-refractivity contribution in [2.45, 2.75) is 25.3 Å². The Morgan fingerprint density at radius 2 is 2.19 bits per heavy atom. The minimum absolute atomic E-state index is 0.0452. The van der Waals surface area contributed by atoms with Crippen LogP contribution in [0.2, 0.25) is 0 Å². The van der Waals surface area contributed by atoms with Gasteiger partial charge in [0.25, 0.3) is 0 Å². The molecular formula is C11H19N3O2. The lowest BCUT2D eigenvalue weighted by atomic mass is 10.2. The van der Waals surface area contributed by atoms with E-state index in [1.54, 1.807) is 16.8 Å². The Kier molecular flexibility index (Phi) is 3.43. The van der Waals surface area contributed by atoms with E-state index in [0.717, 1.165) is 32.4 Å². The molecule has 1 N–H and O–H groups in total. The van der Waals surface area contributed by atoms with Crippen molar-refractivity contribution < 1.29 is 9.59 Å². The predicted octanol–water partition coefficient (Wildman–Crippen LogP) is -0.571. The molecule has 5 heteroatoms. The number of hydrogen-bond acceptors (Lipinski definition) is 3. The van der Waals surface area contributed by atoms with Crippen LogP contribution < -0.4 is 5.32 Å². The number of rotatable bonds is 1. The van der Waals surface area contributed by atoms with Gasteiger partial charge in [0.15, 0.2) is 0 Å². The van der Waals surface area contributed by atoms with E-state index in [9.17, 15) is 9.59 Å². The maximum Gasteiger partial charge on any atom is 0.241 e. The Bertz CT molecular complexity index is 287. The molecule has 0 saturated carbocycles. The molecule has 0 aromatic rings. The van der Waals surface area contributed by atoms with Crippen molar-refractivity contribution in [2.75, 3.05) is 33.2 Å². The third-order valence-corrected chi connectivity index (χ3v) is 3.34.